The molecule has 0 saturated heterocycles. The number of hydrogen-bond donors (Lipinski definition) is 0. The van der Waals surface area contributed by atoms with Crippen LogP contribution in [0.4, 0.5) is 13.2 Å². The average molecular weight is 357 g/mol. The van der Waals surface area contributed by atoms with Gasteiger partial charge in [-0.1, -0.05) is 65.7 Å². The van der Waals surface area contributed by atoms with Crippen molar-refractivity contribution in [2.24, 2.45) is 0 Å². The van der Waals surface area contributed by atoms with Gasteiger partial charge in [-0.05, 0) is 29.7 Å². The summed E-state index contributed by atoms with van der Waals surface area (Å²) in [5.41, 5.74) is 0.662. The van der Waals surface area contributed by atoms with Crippen molar-refractivity contribution in [3.63, 3.8) is 0 Å². The summed E-state index contributed by atoms with van der Waals surface area (Å²) >= 11 is 3.20. The molecule has 2 aromatic carbocycles. The van der Waals surface area contributed by atoms with Crippen molar-refractivity contribution in [1.29, 1.82) is 0 Å². The van der Waals surface area contributed by atoms with E-state index in [1.54, 1.807) is 24.3 Å². The zero-order valence-electron chi connectivity index (χ0n) is 11.6. The molecule has 0 spiro atoms. The zero-order valence-corrected chi connectivity index (χ0v) is 13.2. The van der Waals surface area contributed by atoms with Crippen molar-refractivity contribution < 1.29 is 13.2 Å². The van der Waals surface area contributed by atoms with Gasteiger partial charge in [0.05, 0.1) is 0 Å². The van der Waals surface area contributed by atoms with Gasteiger partial charge >= 0.3 is 5.92 Å². The van der Waals surface area contributed by atoms with Gasteiger partial charge in [-0.2, -0.15) is 8.78 Å². The molecule has 0 saturated carbocycles. The predicted octanol–water partition coefficient (Wildman–Crippen LogP) is 6.20. The fourth-order valence-electron chi connectivity index (χ4n) is 2.17. The minimum atomic E-state index is -3.54. The molecule has 112 valence electrons. The topological polar surface area (TPSA) is 0 Å². The van der Waals surface area contributed by atoms with Crippen molar-refractivity contribution in [2.45, 2.75) is 31.9 Å². The smallest absolute Gasteiger partial charge is 0.235 e. The molecule has 0 radical (unpaired) electrons. The van der Waals surface area contributed by atoms with Crippen LogP contribution in [0.15, 0.2) is 53.0 Å². The summed E-state index contributed by atoms with van der Waals surface area (Å²) in [6.07, 6.45) is -0.583. The van der Waals surface area contributed by atoms with E-state index < -0.39 is 12.1 Å². The van der Waals surface area contributed by atoms with E-state index in [1.807, 2.05) is 6.92 Å². The molecule has 0 aromatic heterocycles. The van der Waals surface area contributed by atoms with Gasteiger partial charge in [0, 0.05) is 10.0 Å². The van der Waals surface area contributed by atoms with Crippen LogP contribution in [0, 0.1) is 0 Å². The zero-order chi connectivity index (χ0) is 15.5. The molecule has 0 aliphatic rings. The van der Waals surface area contributed by atoms with E-state index in [9.17, 15) is 13.2 Å². The Labute approximate surface area is 131 Å². The molecule has 0 aliphatic carbocycles. The Balaban J connectivity index is 2.25. The maximum absolute atomic E-state index is 14.3. The Morgan fingerprint density at radius 3 is 2.10 bits per heavy atom. The van der Waals surface area contributed by atoms with Crippen molar-refractivity contribution in [3.05, 3.63) is 69.7 Å². The summed E-state index contributed by atoms with van der Waals surface area (Å²) < 4.78 is 43.5. The first kappa shape index (κ1) is 16.1. The van der Waals surface area contributed by atoms with Crippen LogP contribution in [0.1, 0.15) is 36.2 Å². The van der Waals surface area contributed by atoms with E-state index >= 15 is 0 Å². The average Bonchev–Trinajstić information content (AvgIpc) is 2.48. The van der Waals surface area contributed by atoms with Crippen molar-refractivity contribution in [2.75, 3.05) is 0 Å². The number of rotatable bonds is 5. The molecule has 0 nitrogen and oxygen atoms in total. The first-order valence-corrected chi connectivity index (χ1v) is 7.61. The van der Waals surface area contributed by atoms with Crippen molar-refractivity contribution in [3.8, 4) is 0 Å². The number of aryl methyl sites for hydroxylation is 1. The summed E-state index contributed by atoms with van der Waals surface area (Å²) in [5.74, 6) is -3.54. The number of benzene rings is 2. The van der Waals surface area contributed by atoms with E-state index in [4.69, 9.17) is 0 Å². The Hall–Kier alpha value is -1.29. The monoisotopic (exact) mass is 356 g/mol. The van der Waals surface area contributed by atoms with Crippen LogP contribution in [0.25, 0.3) is 0 Å². The maximum atomic E-state index is 14.3. The quantitative estimate of drug-likeness (QED) is 0.597. The van der Waals surface area contributed by atoms with Crippen molar-refractivity contribution in [1.82, 2.24) is 0 Å². The standard InChI is InChI=1S/C17H16BrF3/c1-2-3-12-4-8-14(9-5-12)17(20,21)16(19)13-6-10-15(18)11-7-13/h4-11,16H,2-3H2,1H3. The summed E-state index contributed by atoms with van der Waals surface area (Å²) in [7, 11) is 0. The molecule has 1 atom stereocenters. The van der Waals surface area contributed by atoms with Gasteiger partial charge in [-0.3, -0.25) is 0 Å². The van der Waals surface area contributed by atoms with Gasteiger partial charge < -0.3 is 0 Å². The molecule has 21 heavy (non-hydrogen) atoms. The Bertz CT molecular complexity index is 576. The molecule has 0 N–H and O–H groups in total. The number of hydrogen-bond acceptors (Lipinski definition) is 0. The second-order valence-electron chi connectivity index (χ2n) is 4.98. The molecular weight excluding hydrogens is 341 g/mol. The van der Waals surface area contributed by atoms with Crippen LogP contribution in [0.2, 0.25) is 0 Å². The van der Waals surface area contributed by atoms with Crippen LogP contribution in [-0.4, -0.2) is 0 Å². The highest BCUT2D eigenvalue weighted by Crippen LogP contribution is 2.43. The van der Waals surface area contributed by atoms with Gasteiger partial charge in [0.2, 0.25) is 0 Å². The minimum absolute atomic E-state index is 0.0270. The second-order valence-corrected chi connectivity index (χ2v) is 5.90. The third-order valence-electron chi connectivity index (χ3n) is 3.36. The molecule has 2 aromatic rings. The lowest BCUT2D eigenvalue weighted by molar-refractivity contribution is -0.0809. The van der Waals surface area contributed by atoms with E-state index in [1.165, 1.54) is 24.3 Å². The van der Waals surface area contributed by atoms with E-state index in [-0.39, 0.29) is 11.1 Å². The Morgan fingerprint density at radius 2 is 1.57 bits per heavy atom. The molecule has 4 heteroatoms. The van der Waals surface area contributed by atoms with Crippen molar-refractivity contribution >= 4 is 15.9 Å². The third kappa shape index (κ3) is 3.67. The molecule has 0 fully saturated rings. The molecule has 0 bridgehead atoms. The van der Waals surface area contributed by atoms with E-state index in [0.29, 0.717) is 0 Å². The van der Waals surface area contributed by atoms with Crippen LogP contribution in [0.3, 0.4) is 0 Å². The van der Waals surface area contributed by atoms with Crippen LogP contribution < -0.4 is 0 Å². The predicted molar refractivity (Wildman–Crippen MR) is 82.3 cm³/mol. The molecule has 0 aliphatic heterocycles. The number of alkyl halides is 3. The first-order chi connectivity index (χ1) is 9.95. The normalized spacial score (nSPS) is 13.2. The first-order valence-electron chi connectivity index (χ1n) is 6.82. The highest BCUT2D eigenvalue weighted by atomic mass is 79.9. The van der Waals surface area contributed by atoms with Crippen LogP contribution >= 0.6 is 15.9 Å². The Morgan fingerprint density at radius 1 is 1.00 bits per heavy atom. The molecule has 1 unspecified atom stereocenters. The minimum Gasteiger partial charge on any atom is -0.235 e. The molecule has 2 rings (SSSR count). The van der Waals surface area contributed by atoms with Gasteiger partial charge in [0.1, 0.15) is 0 Å². The van der Waals surface area contributed by atoms with Crippen LogP contribution in [0.5, 0.6) is 0 Å². The lowest BCUT2D eigenvalue weighted by Crippen LogP contribution is -2.20. The van der Waals surface area contributed by atoms with E-state index in [2.05, 4.69) is 15.9 Å². The summed E-state index contributed by atoms with van der Waals surface area (Å²) in [6.45, 7) is 2.02. The highest BCUT2D eigenvalue weighted by molar-refractivity contribution is 9.10. The van der Waals surface area contributed by atoms with Gasteiger partial charge in [0.15, 0.2) is 6.17 Å². The van der Waals surface area contributed by atoms with Gasteiger partial charge in [-0.15, -0.1) is 0 Å². The lowest BCUT2D eigenvalue weighted by Gasteiger charge is -2.21. The summed E-state index contributed by atoms with van der Waals surface area (Å²) in [5, 5.41) is 0. The van der Waals surface area contributed by atoms with E-state index in [0.717, 1.165) is 22.9 Å². The molecule has 0 amide bonds. The maximum Gasteiger partial charge on any atom is 0.307 e. The molecule has 0 heterocycles. The largest absolute Gasteiger partial charge is 0.307 e. The summed E-state index contributed by atoms with van der Waals surface area (Å²) in [4.78, 5) is 0. The summed E-state index contributed by atoms with van der Waals surface area (Å²) in [6, 6.07) is 11.8. The fourth-order valence-corrected chi connectivity index (χ4v) is 2.43. The highest BCUT2D eigenvalue weighted by Gasteiger charge is 2.42. The Kier molecular flexibility index (Phi) is 5.09. The molecular formula is C17H16BrF3. The SMILES string of the molecule is CCCc1ccc(C(F)(F)C(F)c2ccc(Br)cc2)cc1. The number of halogens is 4. The lowest BCUT2D eigenvalue weighted by atomic mass is 9.97. The second kappa shape index (κ2) is 6.65. The fraction of sp³-hybridized carbons (Fsp3) is 0.294. The van der Waals surface area contributed by atoms with Gasteiger partial charge in [-0.25, -0.2) is 4.39 Å². The van der Waals surface area contributed by atoms with Gasteiger partial charge in [0.25, 0.3) is 0 Å². The third-order valence-corrected chi connectivity index (χ3v) is 3.89. The van der Waals surface area contributed by atoms with Crippen LogP contribution in [-0.2, 0) is 12.3 Å².